The van der Waals surface area contributed by atoms with Gasteiger partial charge in [0.15, 0.2) is 0 Å². The average Bonchev–Trinajstić information content (AvgIpc) is 2.78. The van der Waals surface area contributed by atoms with Crippen molar-refractivity contribution in [2.45, 2.75) is 51.9 Å². The fraction of sp³-hybridized carbons (Fsp3) is 0.588. The van der Waals surface area contributed by atoms with Crippen LogP contribution in [0.1, 0.15) is 32.8 Å². The zero-order chi connectivity index (χ0) is 15.2. The molecule has 1 heterocycles. The van der Waals surface area contributed by atoms with Crippen LogP contribution in [0.5, 0.6) is 0 Å². The van der Waals surface area contributed by atoms with Crippen molar-refractivity contribution in [1.29, 1.82) is 0 Å². The van der Waals surface area contributed by atoms with Gasteiger partial charge in [0.25, 0.3) is 0 Å². The molecule has 116 valence electrons. The van der Waals surface area contributed by atoms with E-state index in [4.69, 9.17) is 0 Å². The number of rotatable bonds is 7. The fourth-order valence-electron chi connectivity index (χ4n) is 2.94. The Morgan fingerprint density at radius 1 is 1.33 bits per heavy atom. The minimum Gasteiger partial charge on any atom is -0.323 e. The number of hydrogen-bond acceptors (Lipinski definition) is 3. The molecule has 0 aliphatic carbocycles. The normalized spacial score (nSPS) is 23.6. The monoisotopic (exact) mass is 306 g/mol. The number of nitrogens with one attached hydrogen (secondary N) is 1. The maximum atomic E-state index is 12.6. The number of aryl methyl sites for hydroxylation is 1. The van der Waals surface area contributed by atoms with Crippen molar-refractivity contribution < 1.29 is 4.79 Å². The van der Waals surface area contributed by atoms with Gasteiger partial charge in [0, 0.05) is 11.8 Å². The third-order valence-electron chi connectivity index (χ3n) is 4.01. The maximum Gasteiger partial charge on any atom is 0.241 e. The Morgan fingerprint density at radius 3 is 2.71 bits per heavy atom. The van der Waals surface area contributed by atoms with E-state index in [1.165, 1.54) is 5.56 Å². The summed E-state index contributed by atoms with van der Waals surface area (Å²) in [6.45, 7) is 6.40. The number of thioether (sulfide) groups is 1. The number of carbonyl (C=O) groups excluding carboxylic acids is 1. The van der Waals surface area contributed by atoms with E-state index < -0.39 is 0 Å². The molecule has 0 saturated carbocycles. The Hall–Kier alpha value is -1.00. The third-order valence-corrected chi connectivity index (χ3v) is 5.14. The largest absolute Gasteiger partial charge is 0.323 e. The van der Waals surface area contributed by atoms with E-state index in [0.29, 0.717) is 6.04 Å². The molecule has 1 saturated heterocycles. The lowest BCUT2D eigenvalue weighted by Gasteiger charge is -2.28. The summed E-state index contributed by atoms with van der Waals surface area (Å²) in [4.78, 5) is 14.6. The molecule has 1 aromatic carbocycles. The van der Waals surface area contributed by atoms with Crippen LogP contribution in [0.4, 0.5) is 0 Å². The average molecular weight is 306 g/mol. The van der Waals surface area contributed by atoms with Crippen LogP contribution in [0.25, 0.3) is 0 Å². The van der Waals surface area contributed by atoms with Gasteiger partial charge in [-0.05, 0) is 38.0 Å². The lowest BCUT2D eigenvalue weighted by molar-refractivity contribution is -0.131. The molecule has 2 rings (SSSR count). The summed E-state index contributed by atoms with van der Waals surface area (Å²) in [7, 11) is 0. The lowest BCUT2D eigenvalue weighted by Crippen LogP contribution is -2.42. The zero-order valence-electron chi connectivity index (χ0n) is 13.2. The Kier molecular flexibility index (Phi) is 6.12. The third kappa shape index (κ3) is 4.24. The Bertz CT molecular complexity index is 451. The minimum absolute atomic E-state index is 0.0331. The van der Waals surface area contributed by atoms with Crippen molar-refractivity contribution in [1.82, 2.24) is 10.2 Å². The van der Waals surface area contributed by atoms with Crippen molar-refractivity contribution in [2.75, 3.05) is 11.5 Å². The second-order valence-corrected chi connectivity index (χ2v) is 6.99. The van der Waals surface area contributed by atoms with Crippen LogP contribution in [-0.2, 0) is 11.2 Å². The van der Waals surface area contributed by atoms with Crippen LogP contribution in [-0.4, -0.2) is 40.6 Å². The predicted molar refractivity (Wildman–Crippen MR) is 90.5 cm³/mol. The molecule has 3 unspecified atom stereocenters. The van der Waals surface area contributed by atoms with E-state index in [1.807, 2.05) is 22.7 Å². The summed E-state index contributed by atoms with van der Waals surface area (Å²) in [6.07, 6.45) is 1.96. The highest BCUT2D eigenvalue weighted by Crippen LogP contribution is 2.20. The molecule has 0 bridgehead atoms. The van der Waals surface area contributed by atoms with E-state index in [9.17, 15) is 4.79 Å². The highest BCUT2D eigenvalue weighted by molar-refractivity contribution is 7.99. The molecule has 1 N–H and O–H groups in total. The summed E-state index contributed by atoms with van der Waals surface area (Å²) in [5, 5.41) is 3.45. The van der Waals surface area contributed by atoms with Crippen LogP contribution < -0.4 is 5.32 Å². The summed E-state index contributed by atoms with van der Waals surface area (Å²) in [6, 6.07) is 10.7. The van der Waals surface area contributed by atoms with Crippen LogP contribution in [0.2, 0.25) is 0 Å². The first-order chi connectivity index (χ1) is 10.1. The molecular weight excluding hydrogens is 280 g/mol. The molecule has 0 radical (unpaired) electrons. The molecule has 1 aliphatic rings. The number of hydrogen-bond donors (Lipinski definition) is 1. The van der Waals surface area contributed by atoms with Crippen molar-refractivity contribution in [2.24, 2.45) is 0 Å². The molecule has 1 fully saturated rings. The summed E-state index contributed by atoms with van der Waals surface area (Å²) < 4.78 is 0. The van der Waals surface area contributed by atoms with E-state index in [0.717, 1.165) is 24.3 Å². The molecule has 1 aromatic rings. The number of benzene rings is 1. The lowest BCUT2D eigenvalue weighted by atomic mass is 10.1. The van der Waals surface area contributed by atoms with Gasteiger partial charge < -0.3 is 4.90 Å². The Labute approximate surface area is 132 Å². The first-order valence-corrected chi connectivity index (χ1v) is 8.98. The fourth-order valence-corrected chi connectivity index (χ4v) is 3.68. The standard InChI is InChI=1S/C17H26N2OS/c1-4-21-12-13(2)19-14(3)18-16(17(19)20)11-10-15-8-6-5-7-9-15/h5-9,13-14,16,18H,4,10-12H2,1-3H3. The summed E-state index contributed by atoms with van der Waals surface area (Å²) in [5.41, 5.74) is 1.30. The molecule has 21 heavy (non-hydrogen) atoms. The smallest absolute Gasteiger partial charge is 0.241 e. The van der Waals surface area contributed by atoms with Crippen molar-refractivity contribution >= 4 is 17.7 Å². The molecule has 4 heteroatoms. The van der Waals surface area contributed by atoms with E-state index >= 15 is 0 Å². The van der Waals surface area contributed by atoms with Gasteiger partial charge in [0.2, 0.25) is 5.91 Å². The molecule has 1 amide bonds. The Morgan fingerprint density at radius 2 is 2.05 bits per heavy atom. The molecule has 1 aliphatic heterocycles. The minimum atomic E-state index is -0.0331. The zero-order valence-corrected chi connectivity index (χ0v) is 14.0. The number of carbonyl (C=O) groups is 1. The van der Waals surface area contributed by atoms with Gasteiger partial charge in [-0.3, -0.25) is 10.1 Å². The summed E-state index contributed by atoms with van der Waals surface area (Å²) >= 11 is 1.90. The van der Waals surface area contributed by atoms with Gasteiger partial charge >= 0.3 is 0 Å². The molecule has 0 aromatic heterocycles. The molecular formula is C17H26N2OS. The molecule has 3 atom stereocenters. The second-order valence-electron chi connectivity index (χ2n) is 5.67. The van der Waals surface area contributed by atoms with Crippen LogP contribution in [0.15, 0.2) is 30.3 Å². The number of amides is 1. The van der Waals surface area contributed by atoms with Crippen molar-refractivity contribution in [3.63, 3.8) is 0 Å². The molecule has 0 spiro atoms. The van der Waals surface area contributed by atoms with E-state index in [-0.39, 0.29) is 18.1 Å². The van der Waals surface area contributed by atoms with Crippen LogP contribution in [0.3, 0.4) is 0 Å². The number of nitrogens with zero attached hydrogens (tertiary/aromatic N) is 1. The SMILES string of the molecule is CCSCC(C)N1C(=O)C(CCc2ccccc2)NC1C. The second kappa shape index (κ2) is 7.85. The van der Waals surface area contributed by atoms with Gasteiger partial charge in [-0.15, -0.1) is 0 Å². The summed E-state index contributed by atoms with van der Waals surface area (Å²) in [5.74, 6) is 2.38. The van der Waals surface area contributed by atoms with Crippen molar-refractivity contribution in [3.05, 3.63) is 35.9 Å². The van der Waals surface area contributed by atoms with Crippen LogP contribution >= 0.6 is 11.8 Å². The first-order valence-electron chi connectivity index (χ1n) is 7.83. The topological polar surface area (TPSA) is 32.3 Å². The quantitative estimate of drug-likeness (QED) is 0.840. The van der Waals surface area contributed by atoms with Crippen LogP contribution in [0, 0.1) is 0 Å². The first kappa shape index (κ1) is 16.4. The highest BCUT2D eigenvalue weighted by Gasteiger charge is 2.38. The van der Waals surface area contributed by atoms with E-state index in [2.05, 4.69) is 50.4 Å². The predicted octanol–water partition coefficient (Wildman–Crippen LogP) is 2.91. The van der Waals surface area contributed by atoms with Gasteiger partial charge in [0.1, 0.15) is 0 Å². The van der Waals surface area contributed by atoms with Crippen molar-refractivity contribution in [3.8, 4) is 0 Å². The Balaban J connectivity index is 1.90. The maximum absolute atomic E-state index is 12.6. The van der Waals surface area contributed by atoms with Gasteiger partial charge in [-0.1, -0.05) is 37.3 Å². The van der Waals surface area contributed by atoms with E-state index in [1.54, 1.807) is 0 Å². The molecule has 3 nitrogen and oxygen atoms in total. The van der Waals surface area contributed by atoms with Gasteiger partial charge in [-0.25, -0.2) is 0 Å². The van der Waals surface area contributed by atoms with Gasteiger partial charge in [-0.2, -0.15) is 11.8 Å². The highest BCUT2D eigenvalue weighted by atomic mass is 32.2. The van der Waals surface area contributed by atoms with Gasteiger partial charge in [0.05, 0.1) is 12.2 Å².